The number of nitrogens with two attached hydrogens (primary N) is 1. The smallest absolute Gasteiger partial charge is 0.119 e. The van der Waals surface area contributed by atoms with Gasteiger partial charge in [-0.25, -0.2) is 0 Å². The minimum atomic E-state index is -1.37. The largest absolute Gasteiger partial charge is 0.510 e. The van der Waals surface area contributed by atoms with Crippen LogP contribution in [-0.4, -0.2) is 34.9 Å². The Morgan fingerprint density at radius 3 is 2.40 bits per heavy atom. The van der Waals surface area contributed by atoms with Crippen LogP contribution in [0.1, 0.15) is 49.4 Å². The van der Waals surface area contributed by atoms with Crippen molar-refractivity contribution < 1.29 is 10.2 Å². The Morgan fingerprint density at radius 1 is 1.12 bits per heavy atom. The van der Waals surface area contributed by atoms with E-state index in [1.807, 2.05) is 6.92 Å². The summed E-state index contributed by atoms with van der Waals surface area (Å²) >= 11 is 0. The molecule has 6 N–H and O–H groups in total. The standard InChI is InChI=1S/C35H43N3O2/c1-18(2)38-17-24-10-12-25(13-11-24)27-14-9-19(3)30-20(4)31-21(5)35(40)22(6)32(23(7)36)34(39)33(37-8)29(35)16-26(31)15-28(27)30/h9-14,18,26,29,33,37-40H,4,6-7,15-17,36H2,1-3,5,8H3/t26-,29-,33?,35-/m0/s1. The van der Waals surface area contributed by atoms with Crippen molar-refractivity contribution in [3.05, 3.63) is 112 Å². The minimum absolute atomic E-state index is 0.101. The molecule has 0 bridgehead atoms. The highest BCUT2D eigenvalue weighted by atomic mass is 16.3. The molecule has 0 aromatic heterocycles. The van der Waals surface area contributed by atoms with Crippen molar-refractivity contribution >= 4 is 5.57 Å². The van der Waals surface area contributed by atoms with Crippen molar-refractivity contribution in [3.63, 3.8) is 0 Å². The molecular weight excluding hydrogens is 494 g/mol. The number of fused-ring (bicyclic) bond motifs is 3. The monoisotopic (exact) mass is 537 g/mol. The number of aliphatic hydroxyl groups excluding tert-OH is 1. The van der Waals surface area contributed by atoms with Gasteiger partial charge in [0.2, 0.25) is 0 Å². The zero-order valence-corrected chi connectivity index (χ0v) is 24.5. The topological polar surface area (TPSA) is 90.5 Å². The molecule has 0 amide bonds. The lowest BCUT2D eigenvalue weighted by Crippen LogP contribution is -2.58. The highest BCUT2D eigenvalue weighted by Gasteiger charge is 2.56. The lowest BCUT2D eigenvalue weighted by atomic mass is 9.55. The summed E-state index contributed by atoms with van der Waals surface area (Å²) in [5.74, 6) is -0.0545. The zero-order chi connectivity index (χ0) is 29.1. The predicted molar refractivity (Wildman–Crippen MR) is 166 cm³/mol. The van der Waals surface area contributed by atoms with Gasteiger partial charge >= 0.3 is 0 Å². The van der Waals surface area contributed by atoms with Gasteiger partial charge in [-0.1, -0.05) is 70.0 Å². The van der Waals surface area contributed by atoms with E-state index >= 15 is 0 Å². The van der Waals surface area contributed by atoms with Crippen LogP contribution in [0, 0.1) is 18.8 Å². The van der Waals surface area contributed by atoms with E-state index in [-0.39, 0.29) is 23.3 Å². The van der Waals surface area contributed by atoms with Gasteiger partial charge in [0.15, 0.2) is 0 Å². The van der Waals surface area contributed by atoms with Crippen LogP contribution in [0.4, 0.5) is 0 Å². The molecule has 0 saturated heterocycles. The zero-order valence-electron chi connectivity index (χ0n) is 24.5. The Hall–Kier alpha value is -3.38. The van der Waals surface area contributed by atoms with Crippen molar-refractivity contribution in [1.82, 2.24) is 10.6 Å². The maximum Gasteiger partial charge on any atom is 0.119 e. The van der Waals surface area contributed by atoms with Gasteiger partial charge < -0.3 is 26.6 Å². The van der Waals surface area contributed by atoms with E-state index < -0.39 is 11.6 Å². The third kappa shape index (κ3) is 4.19. The van der Waals surface area contributed by atoms with E-state index in [4.69, 9.17) is 5.73 Å². The van der Waals surface area contributed by atoms with Crippen molar-refractivity contribution in [2.24, 2.45) is 17.6 Å². The quantitative estimate of drug-likeness (QED) is 0.319. The maximum absolute atomic E-state index is 12.4. The third-order valence-corrected chi connectivity index (χ3v) is 9.38. The van der Waals surface area contributed by atoms with Gasteiger partial charge in [0.1, 0.15) is 11.4 Å². The summed E-state index contributed by atoms with van der Waals surface area (Å²) in [6.07, 6.45) is 1.51. The highest BCUT2D eigenvalue weighted by molar-refractivity contribution is 5.89. The van der Waals surface area contributed by atoms with Crippen molar-refractivity contribution in [2.45, 2.75) is 64.8 Å². The van der Waals surface area contributed by atoms with Crippen LogP contribution in [0.2, 0.25) is 0 Å². The Labute approximate surface area is 238 Å². The van der Waals surface area contributed by atoms with Crippen LogP contribution in [-0.2, 0) is 13.0 Å². The van der Waals surface area contributed by atoms with E-state index in [1.54, 1.807) is 7.05 Å². The number of allylic oxidation sites excluding steroid dienone is 3. The van der Waals surface area contributed by atoms with E-state index in [0.717, 1.165) is 29.7 Å². The molecule has 1 unspecified atom stereocenters. The van der Waals surface area contributed by atoms with Gasteiger partial charge in [-0.2, -0.15) is 0 Å². The molecule has 2 aromatic rings. The van der Waals surface area contributed by atoms with E-state index in [9.17, 15) is 10.2 Å². The molecule has 3 aliphatic carbocycles. The summed E-state index contributed by atoms with van der Waals surface area (Å²) in [6.45, 7) is 22.0. The lowest BCUT2D eigenvalue weighted by molar-refractivity contribution is 0.00540. The first-order valence-electron chi connectivity index (χ1n) is 14.2. The van der Waals surface area contributed by atoms with E-state index in [1.165, 1.54) is 33.4 Å². The summed E-state index contributed by atoms with van der Waals surface area (Å²) in [5.41, 5.74) is 15.9. The summed E-state index contributed by atoms with van der Waals surface area (Å²) < 4.78 is 0. The maximum atomic E-state index is 12.4. The lowest BCUT2D eigenvalue weighted by Gasteiger charge is -2.53. The number of aryl methyl sites for hydroxylation is 1. The molecule has 40 heavy (non-hydrogen) atoms. The molecule has 2 aromatic carbocycles. The number of likely N-dealkylation sites (N-methyl/N-ethyl adjacent to an activating group) is 1. The van der Waals surface area contributed by atoms with Crippen LogP contribution < -0.4 is 16.4 Å². The number of rotatable bonds is 6. The Balaban J connectivity index is 1.61. The van der Waals surface area contributed by atoms with Crippen molar-refractivity contribution in [3.8, 4) is 11.1 Å². The molecule has 0 spiro atoms. The van der Waals surface area contributed by atoms with E-state index in [0.29, 0.717) is 23.6 Å². The highest BCUT2D eigenvalue weighted by Crippen LogP contribution is 2.57. The molecule has 0 saturated carbocycles. The fourth-order valence-electron chi connectivity index (χ4n) is 7.43. The SMILES string of the molecule is C=C(N)C1=C(O)C(NC)[C@@H]2C[C@@H]3Cc4c(-c5ccc(CNC(C)C)cc5)ccc(C)c4C(=C)C3=C(C)[C@]2(O)C1=C. The second-order valence-corrected chi connectivity index (χ2v) is 12.1. The summed E-state index contributed by atoms with van der Waals surface area (Å²) in [4.78, 5) is 0. The van der Waals surface area contributed by atoms with Crippen LogP contribution in [0.5, 0.6) is 0 Å². The molecule has 0 fully saturated rings. The number of aliphatic hydroxyl groups is 2. The average molecular weight is 538 g/mol. The molecule has 5 nitrogen and oxygen atoms in total. The molecule has 0 heterocycles. The molecule has 210 valence electrons. The predicted octanol–water partition coefficient (Wildman–Crippen LogP) is 5.86. The summed E-state index contributed by atoms with van der Waals surface area (Å²) in [7, 11) is 1.80. The Morgan fingerprint density at radius 2 is 1.80 bits per heavy atom. The van der Waals surface area contributed by atoms with Gasteiger partial charge in [-0.15, -0.1) is 0 Å². The van der Waals surface area contributed by atoms with Crippen LogP contribution >= 0.6 is 0 Å². The first kappa shape index (κ1) is 28.2. The van der Waals surface area contributed by atoms with Gasteiger partial charge in [-0.05, 0) is 95.3 Å². The second kappa shape index (κ2) is 10.2. The van der Waals surface area contributed by atoms with Crippen molar-refractivity contribution in [1.29, 1.82) is 0 Å². The first-order valence-corrected chi connectivity index (χ1v) is 14.2. The van der Waals surface area contributed by atoms with Crippen LogP contribution in [0.3, 0.4) is 0 Å². The van der Waals surface area contributed by atoms with Crippen LogP contribution in [0.15, 0.2) is 89.9 Å². The van der Waals surface area contributed by atoms with Gasteiger partial charge in [0.25, 0.3) is 0 Å². The summed E-state index contributed by atoms with van der Waals surface area (Å²) in [5, 5.41) is 30.3. The Kier molecular flexibility index (Phi) is 7.20. The molecule has 0 aliphatic heterocycles. The molecule has 3 aliphatic rings. The molecular formula is C35H43N3O2. The molecule has 0 radical (unpaired) electrons. The number of hydrogen-bond acceptors (Lipinski definition) is 5. The fraction of sp³-hybridized carbons (Fsp3) is 0.371. The first-order chi connectivity index (χ1) is 18.9. The van der Waals surface area contributed by atoms with Gasteiger partial charge in [0.05, 0.1) is 6.04 Å². The molecule has 4 atom stereocenters. The fourth-order valence-corrected chi connectivity index (χ4v) is 7.43. The van der Waals surface area contributed by atoms with Crippen LogP contribution in [0.25, 0.3) is 16.7 Å². The summed E-state index contributed by atoms with van der Waals surface area (Å²) in [6, 6.07) is 13.2. The minimum Gasteiger partial charge on any atom is -0.510 e. The van der Waals surface area contributed by atoms with Crippen molar-refractivity contribution in [2.75, 3.05) is 7.05 Å². The van der Waals surface area contributed by atoms with Gasteiger partial charge in [0, 0.05) is 29.8 Å². The molecule has 5 heteroatoms. The average Bonchev–Trinajstić information content (AvgIpc) is 2.90. The van der Waals surface area contributed by atoms with Gasteiger partial charge in [-0.3, -0.25) is 0 Å². The number of nitrogens with one attached hydrogen (secondary N) is 2. The van der Waals surface area contributed by atoms with E-state index in [2.05, 4.69) is 87.5 Å². The molecule has 5 rings (SSSR count). The number of hydrogen-bond donors (Lipinski definition) is 5. The Bertz CT molecular complexity index is 1480. The second-order valence-electron chi connectivity index (χ2n) is 12.1. The normalized spacial score (nSPS) is 26.1. The number of benzene rings is 2. The third-order valence-electron chi connectivity index (χ3n) is 9.38.